The molecule has 0 fully saturated rings. The Morgan fingerprint density at radius 1 is 0.933 bits per heavy atom. The Hall–Kier alpha value is -3.65. The lowest BCUT2D eigenvalue weighted by atomic mass is 10.1. The minimum Gasteiger partial charge on any atom is -0.478 e. The van der Waals surface area contributed by atoms with Gasteiger partial charge in [0.2, 0.25) is 0 Å². The van der Waals surface area contributed by atoms with Gasteiger partial charge in [-0.3, -0.25) is 0 Å². The first-order chi connectivity index (χ1) is 14.3. The zero-order valence-electron chi connectivity index (χ0n) is 16.9. The molecule has 0 spiro atoms. The average Bonchev–Trinajstić information content (AvgIpc) is 2.72. The van der Waals surface area contributed by atoms with Crippen LogP contribution >= 0.6 is 0 Å². The van der Waals surface area contributed by atoms with Crippen LogP contribution in [0.15, 0.2) is 72.8 Å². The van der Waals surface area contributed by atoms with Crippen LogP contribution in [0.1, 0.15) is 11.6 Å². The number of nitrogens with zero attached hydrogens (tertiary/aromatic N) is 1. The van der Waals surface area contributed by atoms with Gasteiger partial charge >= 0.3 is 17.9 Å². The first kappa shape index (κ1) is 24.4. The summed E-state index contributed by atoms with van der Waals surface area (Å²) in [6, 6.07) is 18.8. The third-order valence-electron chi connectivity index (χ3n) is 3.60. The van der Waals surface area contributed by atoms with E-state index in [1.54, 1.807) is 0 Å². The zero-order chi connectivity index (χ0) is 22.4. The molecule has 8 heteroatoms. The minimum atomic E-state index is -1.26. The molecule has 0 aliphatic heterocycles. The van der Waals surface area contributed by atoms with E-state index in [2.05, 4.69) is 5.32 Å². The average molecular weight is 414 g/mol. The first-order valence-electron chi connectivity index (χ1n) is 9.11. The number of rotatable bonds is 9. The number of benzene rings is 2. The highest BCUT2D eigenvalue weighted by Gasteiger charge is 2.21. The van der Waals surface area contributed by atoms with E-state index in [9.17, 15) is 14.4 Å². The minimum absolute atomic E-state index is 0.267. The van der Waals surface area contributed by atoms with E-state index in [1.807, 2.05) is 79.7 Å². The number of anilines is 1. The fourth-order valence-corrected chi connectivity index (χ4v) is 2.18. The maximum Gasteiger partial charge on any atom is 0.333 e. The van der Waals surface area contributed by atoms with Crippen molar-refractivity contribution in [3.63, 3.8) is 0 Å². The first-order valence-corrected chi connectivity index (χ1v) is 9.11. The topological polar surface area (TPSA) is 116 Å². The number of carboxylic acid groups (broad SMARTS) is 2. The summed E-state index contributed by atoms with van der Waals surface area (Å²) in [5, 5.41) is 18.9. The molecule has 1 unspecified atom stereocenters. The van der Waals surface area contributed by atoms with Crippen molar-refractivity contribution in [2.24, 2.45) is 0 Å². The number of para-hydroxylation sites is 1. The molecule has 0 aromatic heterocycles. The van der Waals surface area contributed by atoms with Crippen molar-refractivity contribution in [3.05, 3.63) is 78.4 Å². The number of esters is 1. The fourth-order valence-electron chi connectivity index (χ4n) is 2.18. The van der Waals surface area contributed by atoms with Crippen molar-refractivity contribution in [1.29, 1.82) is 0 Å². The number of ether oxygens (including phenoxy) is 1. The molecule has 1 atom stereocenters. The lowest BCUT2D eigenvalue weighted by Crippen LogP contribution is -2.26. The van der Waals surface area contributed by atoms with Crippen LogP contribution < -0.4 is 5.32 Å². The van der Waals surface area contributed by atoms with E-state index in [-0.39, 0.29) is 5.97 Å². The van der Waals surface area contributed by atoms with Crippen molar-refractivity contribution >= 4 is 23.6 Å². The highest BCUT2D eigenvalue weighted by atomic mass is 16.5. The van der Waals surface area contributed by atoms with Gasteiger partial charge in [-0.05, 0) is 31.8 Å². The Kier molecular flexibility index (Phi) is 11.0. The summed E-state index contributed by atoms with van der Waals surface area (Å²) in [5.74, 6) is -2.78. The van der Waals surface area contributed by atoms with Crippen LogP contribution in [0.5, 0.6) is 0 Å². The quantitative estimate of drug-likeness (QED) is 0.424. The van der Waals surface area contributed by atoms with Gasteiger partial charge in [-0.2, -0.15) is 0 Å². The summed E-state index contributed by atoms with van der Waals surface area (Å²) in [6.07, 6.45) is 1.12. The molecule has 0 bridgehead atoms. The van der Waals surface area contributed by atoms with Gasteiger partial charge < -0.3 is 25.2 Å². The molecule has 0 aliphatic rings. The Labute approximate surface area is 175 Å². The summed E-state index contributed by atoms with van der Waals surface area (Å²) in [6.45, 7) is 1.09. The molecule has 2 aromatic carbocycles. The van der Waals surface area contributed by atoms with Gasteiger partial charge in [-0.15, -0.1) is 0 Å². The normalized spacial score (nSPS) is 11.3. The van der Waals surface area contributed by atoms with Crippen LogP contribution in [0.2, 0.25) is 0 Å². The van der Waals surface area contributed by atoms with Crippen molar-refractivity contribution in [3.8, 4) is 0 Å². The number of nitrogens with one attached hydrogen (secondary N) is 1. The van der Waals surface area contributed by atoms with E-state index < -0.39 is 18.0 Å². The summed E-state index contributed by atoms with van der Waals surface area (Å²) in [4.78, 5) is 33.5. The number of aliphatic carboxylic acids is 2. The molecular formula is C22H26N2O6. The molecular weight excluding hydrogens is 388 g/mol. The molecule has 0 saturated heterocycles. The summed E-state index contributed by atoms with van der Waals surface area (Å²) in [5.41, 5.74) is 1.78. The number of likely N-dealkylation sites (N-methyl/N-ethyl adjacent to an activating group) is 1. The molecule has 160 valence electrons. The SMILES string of the molecule is CN(C)CCOC(=O)C(Nc1ccccc1)c1ccccc1.O=C(O)/C=C\C(=O)O. The van der Waals surface area contributed by atoms with E-state index in [1.165, 1.54) is 0 Å². The van der Waals surface area contributed by atoms with Gasteiger partial charge in [-0.25, -0.2) is 14.4 Å². The third-order valence-corrected chi connectivity index (χ3v) is 3.60. The second-order valence-corrected chi connectivity index (χ2v) is 6.33. The smallest absolute Gasteiger partial charge is 0.333 e. The lowest BCUT2D eigenvalue weighted by Gasteiger charge is -2.20. The molecule has 2 aromatic rings. The summed E-state index contributed by atoms with van der Waals surface area (Å²) in [7, 11) is 3.90. The number of carboxylic acids is 2. The molecule has 0 heterocycles. The van der Waals surface area contributed by atoms with E-state index >= 15 is 0 Å². The second-order valence-electron chi connectivity index (χ2n) is 6.33. The molecule has 2 rings (SSSR count). The molecule has 0 aliphatic carbocycles. The van der Waals surface area contributed by atoms with Crippen LogP contribution in [-0.2, 0) is 19.1 Å². The molecule has 8 nitrogen and oxygen atoms in total. The molecule has 3 N–H and O–H groups in total. The predicted octanol–water partition coefficient (Wildman–Crippen LogP) is 2.66. The molecule has 0 saturated carbocycles. The van der Waals surface area contributed by atoms with Gasteiger partial charge in [0, 0.05) is 24.4 Å². The van der Waals surface area contributed by atoms with Gasteiger partial charge in [0.15, 0.2) is 6.04 Å². The van der Waals surface area contributed by atoms with E-state index in [0.29, 0.717) is 25.3 Å². The van der Waals surface area contributed by atoms with Crippen molar-refractivity contribution in [2.45, 2.75) is 6.04 Å². The maximum atomic E-state index is 12.4. The highest BCUT2D eigenvalue weighted by Crippen LogP contribution is 2.20. The van der Waals surface area contributed by atoms with Crippen molar-refractivity contribution in [2.75, 3.05) is 32.6 Å². The Balaban J connectivity index is 0.000000479. The standard InChI is InChI=1S/C18H22N2O2.C4H4O4/c1-20(2)13-14-22-18(21)17(15-9-5-3-6-10-15)19-16-11-7-4-8-12-16;5-3(6)1-2-4(7)8/h3-12,17,19H,13-14H2,1-2H3;1-2H,(H,5,6)(H,7,8)/b;2-1-. The van der Waals surface area contributed by atoms with Gasteiger partial charge in [-0.1, -0.05) is 48.5 Å². The number of hydrogen-bond donors (Lipinski definition) is 3. The molecule has 0 radical (unpaired) electrons. The van der Waals surface area contributed by atoms with Crippen molar-refractivity contribution < 1.29 is 29.3 Å². The maximum absolute atomic E-state index is 12.4. The number of carbonyl (C=O) groups is 3. The van der Waals surface area contributed by atoms with E-state index in [0.717, 1.165) is 11.3 Å². The predicted molar refractivity (Wildman–Crippen MR) is 113 cm³/mol. The number of carbonyl (C=O) groups excluding carboxylic acids is 1. The summed E-state index contributed by atoms with van der Waals surface area (Å²) < 4.78 is 5.40. The second kappa shape index (κ2) is 13.5. The molecule has 30 heavy (non-hydrogen) atoms. The highest BCUT2D eigenvalue weighted by molar-refractivity contribution is 5.89. The fraction of sp³-hybridized carbons (Fsp3) is 0.227. The Morgan fingerprint density at radius 2 is 1.43 bits per heavy atom. The lowest BCUT2D eigenvalue weighted by molar-refractivity contribution is -0.145. The van der Waals surface area contributed by atoms with Crippen LogP contribution in [0.3, 0.4) is 0 Å². The van der Waals surface area contributed by atoms with Gasteiger partial charge in [0.1, 0.15) is 6.61 Å². The van der Waals surface area contributed by atoms with Crippen LogP contribution in [-0.4, -0.2) is 60.3 Å². The molecule has 0 amide bonds. The third kappa shape index (κ3) is 10.6. The van der Waals surface area contributed by atoms with Crippen LogP contribution in [0.4, 0.5) is 5.69 Å². The van der Waals surface area contributed by atoms with Crippen LogP contribution in [0, 0.1) is 0 Å². The van der Waals surface area contributed by atoms with Crippen LogP contribution in [0.25, 0.3) is 0 Å². The number of hydrogen-bond acceptors (Lipinski definition) is 6. The van der Waals surface area contributed by atoms with Crippen molar-refractivity contribution in [1.82, 2.24) is 4.90 Å². The van der Waals surface area contributed by atoms with E-state index in [4.69, 9.17) is 14.9 Å². The zero-order valence-corrected chi connectivity index (χ0v) is 16.9. The Bertz CT molecular complexity index is 806. The monoisotopic (exact) mass is 414 g/mol. The van der Waals surface area contributed by atoms with Gasteiger partial charge in [0.05, 0.1) is 0 Å². The summed E-state index contributed by atoms with van der Waals surface area (Å²) >= 11 is 0. The Morgan fingerprint density at radius 3 is 1.90 bits per heavy atom. The van der Waals surface area contributed by atoms with Gasteiger partial charge in [0.25, 0.3) is 0 Å². The largest absolute Gasteiger partial charge is 0.478 e.